The Labute approximate surface area is 106 Å². The highest BCUT2D eigenvalue weighted by Crippen LogP contribution is 2.36. The van der Waals surface area contributed by atoms with E-state index in [1.54, 1.807) is 0 Å². The van der Waals surface area contributed by atoms with Crippen molar-refractivity contribution in [3.63, 3.8) is 0 Å². The average Bonchev–Trinajstić information content (AvgIpc) is 2.71. The van der Waals surface area contributed by atoms with E-state index in [9.17, 15) is 18.0 Å². The SMILES string of the molecule is CC(Cc1coc2c(C(F)(F)F)cccc12)C(=O)O. The van der Waals surface area contributed by atoms with Crippen LogP contribution in [0.25, 0.3) is 11.0 Å². The fourth-order valence-corrected chi connectivity index (χ4v) is 1.91. The zero-order chi connectivity index (χ0) is 14.2. The molecule has 0 bridgehead atoms. The van der Waals surface area contributed by atoms with E-state index in [4.69, 9.17) is 9.52 Å². The Kier molecular flexibility index (Phi) is 3.26. The van der Waals surface area contributed by atoms with Gasteiger partial charge in [-0.25, -0.2) is 0 Å². The molecule has 1 heterocycles. The smallest absolute Gasteiger partial charge is 0.420 e. The lowest BCUT2D eigenvalue weighted by atomic mass is 10.00. The van der Waals surface area contributed by atoms with Crippen molar-refractivity contribution in [2.45, 2.75) is 19.5 Å². The van der Waals surface area contributed by atoms with Gasteiger partial charge in [0.1, 0.15) is 5.58 Å². The zero-order valence-corrected chi connectivity index (χ0v) is 9.99. The van der Waals surface area contributed by atoms with Crippen LogP contribution in [0.15, 0.2) is 28.9 Å². The van der Waals surface area contributed by atoms with Crippen molar-refractivity contribution < 1.29 is 27.5 Å². The third kappa shape index (κ3) is 2.57. The van der Waals surface area contributed by atoms with E-state index in [0.29, 0.717) is 10.9 Å². The van der Waals surface area contributed by atoms with Gasteiger partial charge in [-0.05, 0) is 18.1 Å². The van der Waals surface area contributed by atoms with E-state index in [1.165, 1.54) is 25.3 Å². The molecule has 2 aromatic rings. The maximum absolute atomic E-state index is 12.8. The van der Waals surface area contributed by atoms with Crippen molar-refractivity contribution in [3.05, 3.63) is 35.6 Å². The van der Waals surface area contributed by atoms with Crippen molar-refractivity contribution in [1.82, 2.24) is 0 Å². The summed E-state index contributed by atoms with van der Waals surface area (Å²) in [5.41, 5.74) is -0.627. The number of hydrogen-bond donors (Lipinski definition) is 1. The molecule has 0 fully saturated rings. The van der Waals surface area contributed by atoms with Crippen LogP contribution in [0.3, 0.4) is 0 Å². The largest absolute Gasteiger partial charge is 0.481 e. The number of hydrogen-bond acceptors (Lipinski definition) is 2. The van der Waals surface area contributed by atoms with Gasteiger partial charge in [0.15, 0.2) is 0 Å². The first-order valence-corrected chi connectivity index (χ1v) is 5.60. The second-order valence-electron chi connectivity index (χ2n) is 4.38. The number of benzene rings is 1. The summed E-state index contributed by atoms with van der Waals surface area (Å²) in [4.78, 5) is 10.8. The predicted molar refractivity (Wildman–Crippen MR) is 61.7 cm³/mol. The number of fused-ring (bicyclic) bond motifs is 1. The molecule has 0 aliphatic heterocycles. The maximum atomic E-state index is 12.8. The Morgan fingerprint density at radius 2 is 2.11 bits per heavy atom. The van der Waals surface area contributed by atoms with E-state index < -0.39 is 23.6 Å². The van der Waals surface area contributed by atoms with Crippen molar-refractivity contribution in [2.75, 3.05) is 0 Å². The number of carboxylic acid groups (broad SMARTS) is 1. The molecule has 0 aliphatic carbocycles. The highest BCUT2D eigenvalue weighted by Gasteiger charge is 2.34. The van der Waals surface area contributed by atoms with Crippen LogP contribution >= 0.6 is 0 Å². The van der Waals surface area contributed by atoms with Gasteiger partial charge in [0.05, 0.1) is 17.7 Å². The third-order valence-electron chi connectivity index (χ3n) is 2.93. The van der Waals surface area contributed by atoms with Crippen molar-refractivity contribution in [2.24, 2.45) is 5.92 Å². The van der Waals surface area contributed by atoms with Gasteiger partial charge in [0.25, 0.3) is 0 Å². The molecule has 0 aliphatic rings. The van der Waals surface area contributed by atoms with Gasteiger partial charge in [-0.15, -0.1) is 0 Å². The summed E-state index contributed by atoms with van der Waals surface area (Å²) in [7, 11) is 0. The van der Waals surface area contributed by atoms with Gasteiger partial charge in [-0.1, -0.05) is 19.1 Å². The third-order valence-corrected chi connectivity index (χ3v) is 2.93. The first-order chi connectivity index (χ1) is 8.80. The molecule has 0 amide bonds. The molecule has 0 saturated heterocycles. The standard InChI is InChI=1S/C13H11F3O3/c1-7(12(17)18)5-8-6-19-11-9(8)3-2-4-10(11)13(14,15)16/h2-4,6-7H,5H2,1H3,(H,17,18). The van der Waals surface area contributed by atoms with Crippen LogP contribution in [0.2, 0.25) is 0 Å². The molecule has 102 valence electrons. The molecule has 6 heteroatoms. The highest BCUT2D eigenvalue weighted by atomic mass is 19.4. The van der Waals surface area contributed by atoms with Crippen LogP contribution in [0.4, 0.5) is 13.2 Å². The quantitative estimate of drug-likeness (QED) is 0.926. The minimum absolute atomic E-state index is 0.129. The molecule has 1 atom stereocenters. The van der Waals surface area contributed by atoms with Crippen molar-refractivity contribution in [1.29, 1.82) is 0 Å². The minimum Gasteiger partial charge on any atom is -0.481 e. The molecular formula is C13H11F3O3. The van der Waals surface area contributed by atoms with Crippen LogP contribution in [-0.4, -0.2) is 11.1 Å². The number of rotatable bonds is 3. The molecular weight excluding hydrogens is 261 g/mol. The van der Waals surface area contributed by atoms with E-state index in [1.807, 2.05) is 0 Å². The number of furan rings is 1. The lowest BCUT2D eigenvalue weighted by molar-refractivity contribution is -0.141. The van der Waals surface area contributed by atoms with Gasteiger partial charge in [0, 0.05) is 5.39 Å². The Hall–Kier alpha value is -1.98. The number of carbonyl (C=O) groups is 1. The highest BCUT2D eigenvalue weighted by molar-refractivity contribution is 5.85. The van der Waals surface area contributed by atoms with Gasteiger partial charge in [-0.3, -0.25) is 4.79 Å². The van der Waals surface area contributed by atoms with E-state index >= 15 is 0 Å². The van der Waals surface area contributed by atoms with Gasteiger partial charge < -0.3 is 9.52 Å². The Balaban J connectivity index is 2.47. The van der Waals surface area contributed by atoms with Gasteiger partial charge >= 0.3 is 12.1 Å². The Morgan fingerprint density at radius 1 is 1.42 bits per heavy atom. The lowest BCUT2D eigenvalue weighted by Gasteiger charge is -2.07. The van der Waals surface area contributed by atoms with Crippen molar-refractivity contribution in [3.8, 4) is 0 Å². The van der Waals surface area contributed by atoms with E-state index in [2.05, 4.69) is 0 Å². The minimum atomic E-state index is -4.49. The second kappa shape index (κ2) is 4.60. The molecule has 1 aromatic carbocycles. The predicted octanol–water partition coefficient (Wildman–Crippen LogP) is 3.71. The molecule has 0 saturated carbocycles. The topological polar surface area (TPSA) is 50.4 Å². The number of para-hydroxylation sites is 1. The van der Waals surface area contributed by atoms with E-state index in [-0.39, 0.29) is 12.0 Å². The fourth-order valence-electron chi connectivity index (χ4n) is 1.91. The summed E-state index contributed by atoms with van der Waals surface area (Å²) in [6.45, 7) is 1.49. The molecule has 2 rings (SSSR count). The summed E-state index contributed by atoms with van der Waals surface area (Å²) in [5, 5.41) is 9.13. The number of aliphatic carboxylic acids is 1. The van der Waals surface area contributed by atoms with Crippen LogP contribution in [-0.2, 0) is 17.4 Å². The summed E-state index contributed by atoms with van der Waals surface area (Å²) >= 11 is 0. The molecule has 1 aromatic heterocycles. The summed E-state index contributed by atoms with van der Waals surface area (Å²) in [6.07, 6.45) is -3.17. The molecule has 3 nitrogen and oxygen atoms in total. The monoisotopic (exact) mass is 272 g/mol. The first kappa shape index (κ1) is 13.5. The summed E-state index contributed by atoms with van der Waals surface area (Å²) in [5.74, 6) is -1.68. The van der Waals surface area contributed by atoms with Crippen LogP contribution in [0.5, 0.6) is 0 Å². The fraction of sp³-hybridized carbons (Fsp3) is 0.308. The first-order valence-electron chi connectivity index (χ1n) is 5.60. The Morgan fingerprint density at radius 3 is 2.68 bits per heavy atom. The number of halogens is 3. The van der Waals surface area contributed by atoms with Crippen LogP contribution in [0, 0.1) is 5.92 Å². The van der Waals surface area contributed by atoms with Crippen LogP contribution in [0.1, 0.15) is 18.1 Å². The number of alkyl halides is 3. The molecule has 0 radical (unpaired) electrons. The maximum Gasteiger partial charge on any atom is 0.420 e. The molecule has 19 heavy (non-hydrogen) atoms. The second-order valence-corrected chi connectivity index (χ2v) is 4.38. The van der Waals surface area contributed by atoms with Gasteiger partial charge in [0.2, 0.25) is 0 Å². The normalized spacial score (nSPS) is 13.7. The zero-order valence-electron chi connectivity index (χ0n) is 9.99. The van der Waals surface area contributed by atoms with E-state index in [0.717, 1.165) is 6.07 Å². The molecule has 1 unspecified atom stereocenters. The molecule has 0 spiro atoms. The number of carboxylic acids is 1. The molecule has 1 N–H and O–H groups in total. The lowest BCUT2D eigenvalue weighted by Crippen LogP contribution is -2.12. The Bertz CT molecular complexity index is 613. The van der Waals surface area contributed by atoms with Crippen LogP contribution < -0.4 is 0 Å². The average molecular weight is 272 g/mol. The van der Waals surface area contributed by atoms with Crippen molar-refractivity contribution >= 4 is 16.9 Å². The summed E-state index contributed by atoms with van der Waals surface area (Å²) in [6, 6.07) is 3.73. The van der Waals surface area contributed by atoms with Gasteiger partial charge in [-0.2, -0.15) is 13.2 Å². The summed E-state index contributed by atoms with van der Waals surface area (Å²) < 4.78 is 43.3.